The molecule has 0 radical (unpaired) electrons. The number of ether oxygens (including phenoxy) is 1. The van der Waals surface area contributed by atoms with Crippen molar-refractivity contribution < 1.29 is 14.2 Å². The van der Waals surface area contributed by atoms with Crippen LogP contribution in [0.15, 0.2) is 22.7 Å². The zero-order valence-corrected chi connectivity index (χ0v) is 13.5. The van der Waals surface area contributed by atoms with Gasteiger partial charge in [-0.3, -0.25) is 4.90 Å². The van der Waals surface area contributed by atoms with E-state index in [2.05, 4.69) is 20.8 Å². The first-order valence-corrected chi connectivity index (χ1v) is 7.65. The number of hydrogen-bond acceptors (Lipinski definition) is 3. The Bertz CT molecular complexity index is 461. The van der Waals surface area contributed by atoms with Crippen molar-refractivity contribution >= 4 is 15.9 Å². The van der Waals surface area contributed by atoms with Gasteiger partial charge in [0.15, 0.2) is 0 Å². The van der Waals surface area contributed by atoms with E-state index in [1.54, 1.807) is 12.1 Å². The number of nitrogens with zero attached hydrogens (tertiary/aromatic N) is 1. The molecule has 20 heavy (non-hydrogen) atoms. The van der Waals surface area contributed by atoms with E-state index in [1.165, 1.54) is 6.07 Å². The van der Waals surface area contributed by atoms with Crippen molar-refractivity contribution in [3.8, 4) is 0 Å². The second kappa shape index (κ2) is 6.52. The first-order chi connectivity index (χ1) is 9.41. The predicted molar refractivity (Wildman–Crippen MR) is 80.3 cm³/mol. The zero-order valence-electron chi connectivity index (χ0n) is 11.9. The van der Waals surface area contributed by atoms with Crippen molar-refractivity contribution in [1.29, 1.82) is 0 Å². The Morgan fingerprint density at radius 1 is 1.40 bits per heavy atom. The van der Waals surface area contributed by atoms with Crippen LogP contribution in [0, 0.1) is 5.82 Å². The summed E-state index contributed by atoms with van der Waals surface area (Å²) < 4.78 is 19.0. The van der Waals surface area contributed by atoms with E-state index in [-0.39, 0.29) is 11.4 Å². The van der Waals surface area contributed by atoms with Crippen LogP contribution in [-0.2, 0) is 11.2 Å². The molecule has 1 unspecified atom stereocenters. The molecule has 5 heteroatoms. The van der Waals surface area contributed by atoms with Crippen molar-refractivity contribution in [2.24, 2.45) is 0 Å². The lowest BCUT2D eigenvalue weighted by atomic mass is 9.89. The molecule has 0 aliphatic carbocycles. The SMILES string of the molecule is CC(C)(C(O)Cc1ccc(F)c(Br)c1)N1CCOCC1. The third-order valence-electron chi connectivity index (χ3n) is 4.05. The van der Waals surface area contributed by atoms with Gasteiger partial charge in [-0.2, -0.15) is 0 Å². The molecule has 0 aromatic heterocycles. The largest absolute Gasteiger partial charge is 0.391 e. The normalized spacial score (nSPS) is 19.1. The Balaban J connectivity index is 2.05. The highest BCUT2D eigenvalue weighted by Crippen LogP contribution is 2.25. The highest BCUT2D eigenvalue weighted by Gasteiger charge is 2.35. The lowest BCUT2D eigenvalue weighted by Gasteiger charge is -2.43. The molecule has 0 bridgehead atoms. The van der Waals surface area contributed by atoms with Gasteiger partial charge >= 0.3 is 0 Å². The minimum absolute atomic E-state index is 0.282. The Labute approximate surface area is 127 Å². The molecule has 0 spiro atoms. The van der Waals surface area contributed by atoms with E-state index in [1.807, 2.05) is 13.8 Å². The molecule has 0 saturated carbocycles. The summed E-state index contributed by atoms with van der Waals surface area (Å²) in [6.07, 6.45) is -0.0126. The van der Waals surface area contributed by atoms with Crippen molar-refractivity contribution in [2.45, 2.75) is 31.9 Å². The standard InChI is InChI=1S/C15H21BrFNO2/c1-15(2,18-5-7-20-8-6-18)14(19)10-11-3-4-13(17)12(16)9-11/h3-4,9,14,19H,5-8,10H2,1-2H3. The number of morpholine rings is 1. The third-order valence-corrected chi connectivity index (χ3v) is 4.66. The van der Waals surface area contributed by atoms with Gasteiger partial charge in [-0.15, -0.1) is 0 Å². The molecule has 1 aliphatic heterocycles. The van der Waals surface area contributed by atoms with Crippen LogP contribution in [-0.4, -0.2) is 48.0 Å². The van der Waals surface area contributed by atoms with E-state index in [0.29, 0.717) is 24.1 Å². The maximum atomic E-state index is 13.2. The number of rotatable bonds is 4. The molecule has 1 fully saturated rings. The second-order valence-electron chi connectivity index (χ2n) is 5.72. The maximum Gasteiger partial charge on any atom is 0.137 e. The van der Waals surface area contributed by atoms with E-state index >= 15 is 0 Å². The Hall–Kier alpha value is -0.490. The summed E-state index contributed by atoms with van der Waals surface area (Å²) in [5, 5.41) is 10.6. The summed E-state index contributed by atoms with van der Waals surface area (Å²) in [6, 6.07) is 4.88. The van der Waals surface area contributed by atoms with Crippen LogP contribution in [0.2, 0.25) is 0 Å². The Kier molecular flexibility index (Phi) is 5.18. The highest BCUT2D eigenvalue weighted by atomic mass is 79.9. The summed E-state index contributed by atoms with van der Waals surface area (Å²) in [6.45, 7) is 7.16. The fraction of sp³-hybridized carbons (Fsp3) is 0.600. The van der Waals surface area contributed by atoms with Crippen LogP contribution >= 0.6 is 15.9 Å². The lowest BCUT2D eigenvalue weighted by Crippen LogP contribution is -2.56. The maximum absolute atomic E-state index is 13.2. The molecule has 1 saturated heterocycles. The average molecular weight is 346 g/mol. The fourth-order valence-electron chi connectivity index (χ4n) is 2.49. The second-order valence-corrected chi connectivity index (χ2v) is 6.58. The molecule has 1 aromatic carbocycles. The average Bonchev–Trinajstić information content (AvgIpc) is 2.44. The molecule has 1 atom stereocenters. The van der Waals surface area contributed by atoms with Gasteiger partial charge in [-0.1, -0.05) is 6.07 Å². The lowest BCUT2D eigenvalue weighted by molar-refractivity contribution is -0.0612. The molecular formula is C15H21BrFNO2. The van der Waals surface area contributed by atoms with Crippen LogP contribution in [0.1, 0.15) is 19.4 Å². The van der Waals surface area contributed by atoms with Crippen molar-refractivity contribution in [1.82, 2.24) is 4.90 Å². The van der Waals surface area contributed by atoms with Gasteiger partial charge in [0, 0.05) is 25.0 Å². The Morgan fingerprint density at radius 3 is 2.65 bits per heavy atom. The van der Waals surface area contributed by atoms with Crippen molar-refractivity contribution in [3.05, 3.63) is 34.1 Å². The first kappa shape index (κ1) is 15.9. The summed E-state index contributed by atoms with van der Waals surface area (Å²) in [4.78, 5) is 2.25. The minimum Gasteiger partial charge on any atom is -0.391 e. The zero-order chi connectivity index (χ0) is 14.8. The first-order valence-electron chi connectivity index (χ1n) is 6.86. The number of benzene rings is 1. The molecule has 1 heterocycles. The van der Waals surface area contributed by atoms with Gasteiger partial charge in [-0.05, 0) is 47.5 Å². The van der Waals surface area contributed by atoms with E-state index < -0.39 is 6.10 Å². The summed E-state index contributed by atoms with van der Waals surface area (Å²) in [7, 11) is 0. The van der Waals surface area contributed by atoms with Crippen LogP contribution in [0.25, 0.3) is 0 Å². The van der Waals surface area contributed by atoms with Gasteiger partial charge in [0.2, 0.25) is 0 Å². The summed E-state index contributed by atoms with van der Waals surface area (Å²) in [5.41, 5.74) is 0.595. The monoisotopic (exact) mass is 345 g/mol. The van der Waals surface area contributed by atoms with Gasteiger partial charge < -0.3 is 9.84 Å². The molecule has 2 rings (SSSR count). The molecular weight excluding hydrogens is 325 g/mol. The van der Waals surface area contributed by atoms with Crippen LogP contribution in [0.3, 0.4) is 0 Å². The minimum atomic E-state index is -0.516. The van der Waals surface area contributed by atoms with Crippen LogP contribution < -0.4 is 0 Å². The van der Waals surface area contributed by atoms with Crippen LogP contribution in [0.4, 0.5) is 4.39 Å². The smallest absolute Gasteiger partial charge is 0.137 e. The highest BCUT2D eigenvalue weighted by molar-refractivity contribution is 9.10. The topological polar surface area (TPSA) is 32.7 Å². The quantitative estimate of drug-likeness (QED) is 0.910. The number of halogens is 2. The van der Waals surface area contributed by atoms with E-state index in [0.717, 1.165) is 18.7 Å². The van der Waals surface area contributed by atoms with E-state index in [9.17, 15) is 9.50 Å². The third kappa shape index (κ3) is 3.58. The van der Waals surface area contributed by atoms with Gasteiger partial charge in [0.1, 0.15) is 5.82 Å². The number of aliphatic hydroxyl groups excluding tert-OH is 1. The van der Waals surface area contributed by atoms with Crippen molar-refractivity contribution in [3.63, 3.8) is 0 Å². The van der Waals surface area contributed by atoms with Crippen LogP contribution in [0.5, 0.6) is 0 Å². The summed E-state index contributed by atoms with van der Waals surface area (Å²) in [5.74, 6) is -0.282. The van der Waals surface area contributed by atoms with Crippen molar-refractivity contribution in [2.75, 3.05) is 26.3 Å². The molecule has 1 N–H and O–H groups in total. The molecule has 0 amide bonds. The van der Waals surface area contributed by atoms with Gasteiger partial charge in [-0.25, -0.2) is 4.39 Å². The number of aliphatic hydroxyl groups is 1. The molecule has 3 nitrogen and oxygen atoms in total. The van der Waals surface area contributed by atoms with Gasteiger partial charge in [0.05, 0.1) is 23.8 Å². The predicted octanol–water partition coefficient (Wildman–Crippen LogP) is 2.60. The Morgan fingerprint density at radius 2 is 2.05 bits per heavy atom. The molecule has 1 aromatic rings. The number of hydrogen-bond donors (Lipinski definition) is 1. The van der Waals surface area contributed by atoms with Gasteiger partial charge in [0.25, 0.3) is 0 Å². The molecule has 1 aliphatic rings. The fourth-order valence-corrected chi connectivity index (χ4v) is 2.92. The molecule has 112 valence electrons. The van der Waals surface area contributed by atoms with E-state index in [4.69, 9.17) is 4.74 Å². The summed E-state index contributed by atoms with van der Waals surface area (Å²) >= 11 is 3.18.